The molecule has 13 heavy (non-hydrogen) atoms. The molecular formula is C8H8ClN3O. The average Bonchev–Trinajstić information content (AvgIpc) is 2.71. The van der Waals surface area contributed by atoms with Crippen LogP contribution in [-0.4, -0.2) is 14.7 Å². The van der Waals surface area contributed by atoms with Gasteiger partial charge in [-0.1, -0.05) is 5.16 Å². The van der Waals surface area contributed by atoms with Crippen LogP contribution in [-0.2, 0) is 12.9 Å². The van der Waals surface area contributed by atoms with Crippen molar-refractivity contribution >= 4 is 11.6 Å². The number of aromatic nitrogens is 3. The fourth-order valence-corrected chi connectivity index (χ4v) is 1.21. The standard InChI is InChI=1S/C8H8ClN3O/c1-12-3-2-10-8(12)7-4-6(5-9)11-13-7/h2-4H,5H2,1H3. The normalized spacial score (nSPS) is 10.6. The summed E-state index contributed by atoms with van der Waals surface area (Å²) in [5.74, 6) is 1.75. The average molecular weight is 198 g/mol. The van der Waals surface area contributed by atoms with Crippen molar-refractivity contribution < 1.29 is 4.52 Å². The lowest BCUT2D eigenvalue weighted by Gasteiger charge is -1.93. The molecule has 2 aromatic rings. The first-order valence-electron chi connectivity index (χ1n) is 3.80. The van der Waals surface area contributed by atoms with E-state index in [2.05, 4.69) is 10.1 Å². The minimum atomic E-state index is 0.355. The molecule has 0 radical (unpaired) electrons. The summed E-state index contributed by atoms with van der Waals surface area (Å²) in [6, 6.07) is 1.79. The fourth-order valence-electron chi connectivity index (χ4n) is 1.08. The molecule has 2 heterocycles. The maximum absolute atomic E-state index is 5.59. The number of hydrogen-bond donors (Lipinski definition) is 0. The highest BCUT2D eigenvalue weighted by atomic mass is 35.5. The molecule has 0 aromatic carbocycles. The molecule has 0 spiro atoms. The van der Waals surface area contributed by atoms with E-state index in [-0.39, 0.29) is 0 Å². The summed E-state index contributed by atoms with van der Waals surface area (Å²) >= 11 is 5.59. The molecule has 2 aromatic heterocycles. The van der Waals surface area contributed by atoms with E-state index in [0.29, 0.717) is 11.6 Å². The van der Waals surface area contributed by atoms with Crippen LogP contribution < -0.4 is 0 Å². The minimum absolute atomic E-state index is 0.355. The summed E-state index contributed by atoms with van der Waals surface area (Å²) < 4.78 is 6.92. The SMILES string of the molecule is Cn1ccnc1-c1cc(CCl)no1. The summed E-state index contributed by atoms with van der Waals surface area (Å²) in [5, 5.41) is 3.77. The maximum Gasteiger partial charge on any atom is 0.202 e. The van der Waals surface area contributed by atoms with Gasteiger partial charge in [-0.25, -0.2) is 4.98 Å². The molecule has 2 rings (SSSR count). The lowest BCUT2D eigenvalue weighted by Crippen LogP contribution is -1.88. The number of halogens is 1. The van der Waals surface area contributed by atoms with Crippen LogP contribution in [0.4, 0.5) is 0 Å². The number of hydrogen-bond acceptors (Lipinski definition) is 3. The second-order valence-electron chi connectivity index (χ2n) is 2.68. The zero-order valence-electron chi connectivity index (χ0n) is 7.07. The van der Waals surface area contributed by atoms with Crippen molar-refractivity contribution in [3.63, 3.8) is 0 Å². The maximum atomic E-state index is 5.59. The molecule has 4 nitrogen and oxygen atoms in total. The molecule has 0 aliphatic rings. The van der Waals surface area contributed by atoms with Crippen LogP contribution in [0.1, 0.15) is 5.69 Å². The van der Waals surface area contributed by atoms with E-state index >= 15 is 0 Å². The smallest absolute Gasteiger partial charge is 0.202 e. The Morgan fingerprint density at radius 3 is 3.00 bits per heavy atom. The number of alkyl halides is 1. The van der Waals surface area contributed by atoms with Gasteiger partial charge in [0.25, 0.3) is 0 Å². The lowest BCUT2D eigenvalue weighted by atomic mass is 10.4. The monoisotopic (exact) mass is 197 g/mol. The summed E-state index contributed by atoms with van der Waals surface area (Å²) in [6.45, 7) is 0. The van der Waals surface area contributed by atoms with E-state index in [4.69, 9.17) is 16.1 Å². The largest absolute Gasteiger partial charge is 0.353 e. The number of nitrogens with zero attached hydrogens (tertiary/aromatic N) is 3. The van der Waals surface area contributed by atoms with Gasteiger partial charge in [-0.15, -0.1) is 11.6 Å². The van der Waals surface area contributed by atoms with Crippen LogP contribution in [0.2, 0.25) is 0 Å². The van der Waals surface area contributed by atoms with E-state index in [0.717, 1.165) is 11.5 Å². The van der Waals surface area contributed by atoms with E-state index in [1.807, 2.05) is 17.8 Å². The van der Waals surface area contributed by atoms with Gasteiger partial charge >= 0.3 is 0 Å². The second kappa shape index (κ2) is 3.22. The van der Waals surface area contributed by atoms with Crippen LogP contribution in [0.5, 0.6) is 0 Å². The van der Waals surface area contributed by atoms with Crippen LogP contribution in [0, 0.1) is 0 Å². The van der Waals surface area contributed by atoms with Gasteiger partial charge in [0.1, 0.15) is 0 Å². The highest BCUT2D eigenvalue weighted by molar-refractivity contribution is 6.16. The van der Waals surface area contributed by atoms with Crippen molar-refractivity contribution in [3.8, 4) is 11.6 Å². The first kappa shape index (κ1) is 8.31. The lowest BCUT2D eigenvalue weighted by molar-refractivity contribution is 0.422. The van der Waals surface area contributed by atoms with Crippen LogP contribution in [0.3, 0.4) is 0 Å². The third-order valence-electron chi connectivity index (χ3n) is 1.74. The Morgan fingerprint density at radius 1 is 1.62 bits per heavy atom. The van der Waals surface area contributed by atoms with Gasteiger partial charge in [-0.2, -0.15) is 0 Å². The summed E-state index contributed by atoms with van der Waals surface area (Å²) in [7, 11) is 1.89. The Kier molecular flexibility index (Phi) is 2.06. The molecule has 0 bridgehead atoms. The molecule has 5 heteroatoms. The van der Waals surface area contributed by atoms with Crippen LogP contribution in [0.15, 0.2) is 23.0 Å². The first-order valence-corrected chi connectivity index (χ1v) is 4.34. The van der Waals surface area contributed by atoms with Crippen LogP contribution in [0.25, 0.3) is 11.6 Å². The van der Waals surface area contributed by atoms with E-state index < -0.39 is 0 Å². The van der Waals surface area contributed by atoms with Gasteiger partial charge in [-0.05, 0) is 0 Å². The summed E-state index contributed by atoms with van der Waals surface area (Å²) in [5.41, 5.74) is 0.722. The zero-order valence-corrected chi connectivity index (χ0v) is 7.82. The van der Waals surface area contributed by atoms with Crippen molar-refractivity contribution in [2.45, 2.75) is 5.88 Å². The van der Waals surface area contributed by atoms with E-state index in [1.165, 1.54) is 0 Å². The number of imidazole rings is 1. The Labute approximate surface area is 80.1 Å². The Balaban J connectivity index is 2.41. The van der Waals surface area contributed by atoms with Gasteiger partial charge in [-0.3, -0.25) is 0 Å². The third kappa shape index (κ3) is 1.45. The molecule has 0 amide bonds. The highest BCUT2D eigenvalue weighted by Crippen LogP contribution is 2.18. The molecule has 0 fully saturated rings. The molecule has 0 aliphatic heterocycles. The molecule has 0 N–H and O–H groups in total. The van der Waals surface area contributed by atoms with Crippen molar-refractivity contribution in [1.82, 2.24) is 14.7 Å². The molecule has 0 atom stereocenters. The zero-order chi connectivity index (χ0) is 9.26. The topological polar surface area (TPSA) is 43.9 Å². The van der Waals surface area contributed by atoms with Crippen molar-refractivity contribution in [2.24, 2.45) is 7.05 Å². The molecule has 0 saturated heterocycles. The van der Waals surface area contributed by atoms with Gasteiger partial charge in [0, 0.05) is 25.5 Å². The Morgan fingerprint density at radius 2 is 2.46 bits per heavy atom. The third-order valence-corrected chi connectivity index (χ3v) is 2.01. The minimum Gasteiger partial charge on any atom is -0.353 e. The molecule has 68 valence electrons. The molecule has 0 saturated carbocycles. The van der Waals surface area contributed by atoms with Gasteiger partial charge in [0.2, 0.25) is 5.76 Å². The molecule has 0 unspecified atom stereocenters. The molecule has 0 aliphatic carbocycles. The highest BCUT2D eigenvalue weighted by Gasteiger charge is 2.09. The predicted molar refractivity (Wildman–Crippen MR) is 48.3 cm³/mol. The predicted octanol–water partition coefficient (Wildman–Crippen LogP) is 1.81. The van der Waals surface area contributed by atoms with Crippen molar-refractivity contribution in [2.75, 3.05) is 0 Å². The van der Waals surface area contributed by atoms with Gasteiger partial charge < -0.3 is 9.09 Å². The Hall–Kier alpha value is -1.29. The number of aryl methyl sites for hydroxylation is 1. The van der Waals surface area contributed by atoms with Gasteiger partial charge in [0.05, 0.1) is 11.6 Å². The van der Waals surface area contributed by atoms with E-state index in [9.17, 15) is 0 Å². The first-order chi connectivity index (χ1) is 6.31. The van der Waals surface area contributed by atoms with E-state index in [1.54, 1.807) is 12.3 Å². The number of rotatable bonds is 2. The van der Waals surface area contributed by atoms with Crippen LogP contribution >= 0.6 is 11.6 Å². The quantitative estimate of drug-likeness (QED) is 0.690. The van der Waals surface area contributed by atoms with Gasteiger partial charge in [0.15, 0.2) is 5.82 Å². The Bertz CT molecular complexity index is 407. The second-order valence-corrected chi connectivity index (χ2v) is 2.95. The fraction of sp³-hybridized carbons (Fsp3) is 0.250. The molecular weight excluding hydrogens is 190 g/mol. The summed E-state index contributed by atoms with van der Waals surface area (Å²) in [6.07, 6.45) is 3.55. The van der Waals surface area contributed by atoms with Crippen molar-refractivity contribution in [3.05, 3.63) is 24.2 Å². The van der Waals surface area contributed by atoms with Crippen molar-refractivity contribution in [1.29, 1.82) is 0 Å². The summed E-state index contributed by atoms with van der Waals surface area (Å²) in [4.78, 5) is 4.12.